The molecule has 2 heterocycles. The number of rotatable bonds is 5. The number of pyridine rings is 2. The van der Waals surface area contributed by atoms with E-state index in [0.717, 1.165) is 16.8 Å². The van der Waals surface area contributed by atoms with Crippen LogP contribution in [-0.4, -0.2) is 20.0 Å². The molecule has 3 aromatic rings. The maximum atomic E-state index is 5.94. The Morgan fingerprint density at radius 3 is 2.32 bits per heavy atom. The molecule has 3 rings (SSSR count). The van der Waals surface area contributed by atoms with Crippen molar-refractivity contribution in [2.45, 2.75) is 13.1 Å². The van der Waals surface area contributed by atoms with E-state index in [9.17, 15) is 0 Å². The van der Waals surface area contributed by atoms with Gasteiger partial charge in [0.2, 0.25) is 0 Å². The fraction of sp³-hybridized carbons (Fsp3) is 0.105. The maximum absolute atomic E-state index is 5.94. The van der Waals surface area contributed by atoms with E-state index in [2.05, 4.69) is 20.2 Å². The summed E-state index contributed by atoms with van der Waals surface area (Å²) in [5.74, 6) is 0. The number of benzene rings is 1. The van der Waals surface area contributed by atoms with E-state index in [1.807, 2.05) is 54.7 Å². The van der Waals surface area contributed by atoms with Gasteiger partial charge in [0.05, 0.1) is 0 Å². The number of hydrogen-bond acceptors (Lipinski definition) is 3. The van der Waals surface area contributed by atoms with Crippen molar-refractivity contribution in [3.05, 3.63) is 89.5 Å². The molecule has 0 saturated heterocycles. The Morgan fingerprint density at radius 2 is 1.64 bits per heavy atom. The number of halogens is 1. The molecule has 0 spiro atoms. The quantitative estimate of drug-likeness (QED) is 0.670. The smallest absolute Gasteiger partial charge is 0.174 e. The highest BCUT2D eigenvalue weighted by Crippen LogP contribution is 2.16. The highest BCUT2D eigenvalue weighted by atomic mass is 35.5. The van der Waals surface area contributed by atoms with Crippen LogP contribution in [0.3, 0.4) is 0 Å². The third-order valence-electron chi connectivity index (χ3n) is 3.60. The number of aromatic nitrogens is 2. The van der Waals surface area contributed by atoms with Gasteiger partial charge in [-0.3, -0.25) is 9.97 Å². The first kappa shape index (κ1) is 17.3. The van der Waals surface area contributed by atoms with Gasteiger partial charge in [0.15, 0.2) is 5.11 Å². The van der Waals surface area contributed by atoms with E-state index in [1.54, 1.807) is 18.6 Å². The first-order valence-electron chi connectivity index (χ1n) is 7.80. The van der Waals surface area contributed by atoms with Gasteiger partial charge in [0, 0.05) is 48.6 Å². The monoisotopic (exact) mass is 368 g/mol. The van der Waals surface area contributed by atoms with Crippen LogP contribution in [0.1, 0.15) is 11.1 Å². The van der Waals surface area contributed by atoms with Crippen molar-refractivity contribution in [2.75, 3.05) is 5.32 Å². The molecule has 6 heteroatoms. The third-order valence-corrected chi connectivity index (χ3v) is 4.21. The SMILES string of the molecule is S=C(Nc1ccc(Cl)cc1)N(Cc1ccncc1)Cc1cccnc1. The lowest BCUT2D eigenvalue weighted by Gasteiger charge is -2.26. The zero-order valence-electron chi connectivity index (χ0n) is 13.5. The topological polar surface area (TPSA) is 41.0 Å². The highest BCUT2D eigenvalue weighted by molar-refractivity contribution is 7.80. The zero-order valence-corrected chi connectivity index (χ0v) is 15.0. The van der Waals surface area contributed by atoms with Crippen molar-refractivity contribution in [1.82, 2.24) is 14.9 Å². The van der Waals surface area contributed by atoms with Gasteiger partial charge < -0.3 is 10.2 Å². The summed E-state index contributed by atoms with van der Waals surface area (Å²) in [5.41, 5.74) is 3.14. The van der Waals surface area contributed by atoms with Gasteiger partial charge in [-0.1, -0.05) is 17.7 Å². The number of anilines is 1. The highest BCUT2D eigenvalue weighted by Gasteiger charge is 2.12. The average Bonchev–Trinajstić information content (AvgIpc) is 2.65. The molecule has 2 aromatic heterocycles. The van der Waals surface area contributed by atoms with Gasteiger partial charge in [0.25, 0.3) is 0 Å². The lowest BCUT2D eigenvalue weighted by Crippen LogP contribution is -2.33. The molecule has 0 saturated carbocycles. The maximum Gasteiger partial charge on any atom is 0.174 e. The van der Waals surface area contributed by atoms with Crippen LogP contribution in [0.15, 0.2) is 73.3 Å². The number of thiocarbonyl (C=S) groups is 1. The van der Waals surface area contributed by atoms with Crippen molar-refractivity contribution < 1.29 is 0 Å². The van der Waals surface area contributed by atoms with Gasteiger partial charge in [-0.25, -0.2) is 0 Å². The summed E-state index contributed by atoms with van der Waals surface area (Å²) < 4.78 is 0. The lowest BCUT2D eigenvalue weighted by atomic mass is 10.2. The molecular formula is C19H17ClN4S. The van der Waals surface area contributed by atoms with Gasteiger partial charge in [-0.2, -0.15) is 0 Å². The second-order valence-corrected chi connectivity index (χ2v) is 6.33. The Balaban J connectivity index is 1.76. The van der Waals surface area contributed by atoms with Crippen molar-refractivity contribution >= 4 is 34.6 Å². The number of hydrogen-bond donors (Lipinski definition) is 1. The third kappa shape index (κ3) is 5.24. The molecule has 0 aliphatic heterocycles. The Labute approximate surface area is 157 Å². The molecule has 0 fully saturated rings. The predicted octanol–water partition coefficient (Wildman–Crippen LogP) is 4.53. The molecule has 0 unspecified atom stereocenters. The summed E-state index contributed by atoms with van der Waals surface area (Å²) in [5, 5.41) is 4.61. The van der Waals surface area contributed by atoms with Gasteiger partial charge in [0.1, 0.15) is 0 Å². The predicted molar refractivity (Wildman–Crippen MR) is 105 cm³/mol. The minimum absolute atomic E-state index is 0.642. The molecule has 4 nitrogen and oxygen atoms in total. The number of nitrogens with zero attached hydrogens (tertiary/aromatic N) is 3. The molecule has 0 amide bonds. The van der Waals surface area contributed by atoms with E-state index in [-0.39, 0.29) is 0 Å². The molecule has 0 aliphatic rings. The fourth-order valence-electron chi connectivity index (χ4n) is 2.36. The first-order valence-corrected chi connectivity index (χ1v) is 8.58. The molecule has 0 atom stereocenters. The second-order valence-electron chi connectivity index (χ2n) is 5.51. The van der Waals surface area contributed by atoms with Gasteiger partial charge in [-0.05, 0) is 65.8 Å². The minimum Gasteiger partial charge on any atom is -0.340 e. The molecule has 1 aromatic carbocycles. The van der Waals surface area contributed by atoms with E-state index in [1.165, 1.54) is 0 Å². The molecule has 0 radical (unpaired) electrons. The summed E-state index contributed by atoms with van der Waals surface area (Å²) in [6.45, 7) is 1.34. The Morgan fingerprint density at radius 1 is 0.920 bits per heavy atom. The molecule has 126 valence electrons. The molecule has 0 aliphatic carbocycles. The van der Waals surface area contributed by atoms with E-state index < -0.39 is 0 Å². The zero-order chi connectivity index (χ0) is 17.5. The molecular weight excluding hydrogens is 352 g/mol. The van der Waals surface area contributed by atoms with Crippen molar-refractivity contribution in [2.24, 2.45) is 0 Å². The van der Waals surface area contributed by atoms with Crippen LogP contribution < -0.4 is 5.32 Å². The summed E-state index contributed by atoms with van der Waals surface area (Å²) in [6, 6.07) is 15.4. The molecule has 1 N–H and O–H groups in total. The summed E-state index contributed by atoms with van der Waals surface area (Å²) in [7, 11) is 0. The van der Waals surface area contributed by atoms with Crippen LogP contribution in [0.25, 0.3) is 0 Å². The molecule has 25 heavy (non-hydrogen) atoms. The van der Waals surface area contributed by atoms with Crippen molar-refractivity contribution in [1.29, 1.82) is 0 Å². The van der Waals surface area contributed by atoms with Crippen LogP contribution in [0.5, 0.6) is 0 Å². The van der Waals surface area contributed by atoms with E-state index >= 15 is 0 Å². The van der Waals surface area contributed by atoms with Gasteiger partial charge in [-0.15, -0.1) is 0 Å². The van der Waals surface area contributed by atoms with E-state index in [0.29, 0.717) is 23.2 Å². The summed E-state index contributed by atoms with van der Waals surface area (Å²) >= 11 is 11.6. The molecule has 0 bridgehead atoms. The Bertz CT molecular complexity index is 768. The lowest BCUT2D eigenvalue weighted by molar-refractivity contribution is 0.412. The fourth-order valence-corrected chi connectivity index (χ4v) is 2.73. The normalized spacial score (nSPS) is 10.3. The van der Waals surface area contributed by atoms with Crippen LogP contribution in [0.4, 0.5) is 5.69 Å². The standard InChI is InChI=1S/C19H17ClN4S/c20-17-3-5-18(6-4-17)23-19(25)24(13-15-7-10-21-11-8-15)14-16-2-1-9-22-12-16/h1-12H,13-14H2,(H,23,25). The van der Waals surface area contributed by atoms with Crippen LogP contribution in [0, 0.1) is 0 Å². The second kappa shape index (κ2) is 8.55. The van der Waals surface area contributed by atoms with E-state index in [4.69, 9.17) is 23.8 Å². The largest absolute Gasteiger partial charge is 0.340 e. The number of nitrogens with one attached hydrogen (secondary N) is 1. The van der Waals surface area contributed by atoms with Gasteiger partial charge >= 0.3 is 0 Å². The summed E-state index contributed by atoms with van der Waals surface area (Å²) in [6.07, 6.45) is 7.19. The van der Waals surface area contributed by atoms with Crippen molar-refractivity contribution in [3.8, 4) is 0 Å². The average molecular weight is 369 g/mol. The minimum atomic E-state index is 0.642. The van der Waals surface area contributed by atoms with Crippen LogP contribution in [-0.2, 0) is 13.1 Å². The Hall–Kier alpha value is -2.50. The van der Waals surface area contributed by atoms with Crippen LogP contribution >= 0.6 is 23.8 Å². The van der Waals surface area contributed by atoms with Crippen molar-refractivity contribution in [3.63, 3.8) is 0 Å². The Kier molecular flexibility index (Phi) is 5.93. The first-order chi connectivity index (χ1) is 12.2. The van der Waals surface area contributed by atoms with Crippen LogP contribution in [0.2, 0.25) is 5.02 Å². The summed E-state index contributed by atoms with van der Waals surface area (Å²) in [4.78, 5) is 10.3.